The van der Waals surface area contributed by atoms with E-state index in [4.69, 9.17) is 10.00 Å². The molecule has 0 aliphatic rings. The maximum atomic E-state index is 12.2. The summed E-state index contributed by atoms with van der Waals surface area (Å²) >= 11 is 0. The predicted octanol–water partition coefficient (Wildman–Crippen LogP) is 2.50. The van der Waals surface area contributed by atoms with Gasteiger partial charge < -0.3 is 9.84 Å². The minimum Gasteiger partial charge on any atom is -0.507 e. The van der Waals surface area contributed by atoms with Crippen molar-refractivity contribution in [1.82, 2.24) is 0 Å². The van der Waals surface area contributed by atoms with Crippen molar-refractivity contribution in [3.8, 4) is 17.6 Å². The van der Waals surface area contributed by atoms with E-state index >= 15 is 0 Å². The second-order valence-corrected chi connectivity index (χ2v) is 3.88. The van der Waals surface area contributed by atoms with Crippen molar-refractivity contribution >= 4 is 5.78 Å². The average molecular weight is 253 g/mol. The number of carbonyl (C=O) groups is 1. The number of hydrogen-bond donors (Lipinski definition) is 1. The van der Waals surface area contributed by atoms with Crippen molar-refractivity contribution in [3.05, 3.63) is 59.2 Å². The van der Waals surface area contributed by atoms with Gasteiger partial charge >= 0.3 is 0 Å². The molecule has 0 aromatic heterocycles. The Kier molecular flexibility index (Phi) is 3.48. The lowest BCUT2D eigenvalue weighted by Gasteiger charge is -2.08. The fraction of sp³-hybridized carbons (Fsp3) is 0.0667. The maximum Gasteiger partial charge on any atom is 0.196 e. The molecule has 4 nitrogen and oxygen atoms in total. The number of rotatable bonds is 3. The molecule has 0 aliphatic carbocycles. The third kappa shape index (κ3) is 2.40. The standard InChI is InChI=1S/C15H11NO3/c1-19-14-8-12(13(17)7-11(14)9-16)15(18)10-5-3-2-4-6-10/h2-8,17H,1H3. The van der Waals surface area contributed by atoms with Crippen LogP contribution in [0.5, 0.6) is 11.5 Å². The van der Waals surface area contributed by atoms with Crippen LogP contribution in [0.15, 0.2) is 42.5 Å². The van der Waals surface area contributed by atoms with E-state index in [1.165, 1.54) is 19.2 Å². The third-order valence-corrected chi connectivity index (χ3v) is 2.72. The van der Waals surface area contributed by atoms with Crippen LogP contribution in [0, 0.1) is 11.3 Å². The number of ether oxygens (including phenoxy) is 1. The van der Waals surface area contributed by atoms with Crippen LogP contribution in [0.1, 0.15) is 21.5 Å². The third-order valence-electron chi connectivity index (χ3n) is 2.72. The van der Waals surface area contributed by atoms with E-state index in [1.807, 2.05) is 6.07 Å². The summed E-state index contributed by atoms with van der Waals surface area (Å²) < 4.78 is 5.03. The molecule has 0 spiro atoms. The Labute approximate surface area is 110 Å². The van der Waals surface area contributed by atoms with Crippen molar-refractivity contribution in [2.75, 3.05) is 7.11 Å². The molecular weight excluding hydrogens is 242 g/mol. The van der Waals surface area contributed by atoms with Gasteiger partial charge in [-0.15, -0.1) is 0 Å². The van der Waals surface area contributed by atoms with Gasteiger partial charge in [0.15, 0.2) is 5.78 Å². The Morgan fingerprint density at radius 1 is 1.26 bits per heavy atom. The second-order valence-electron chi connectivity index (χ2n) is 3.88. The summed E-state index contributed by atoms with van der Waals surface area (Å²) in [6.45, 7) is 0. The summed E-state index contributed by atoms with van der Waals surface area (Å²) in [7, 11) is 1.41. The molecule has 19 heavy (non-hydrogen) atoms. The number of ketones is 1. The van der Waals surface area contributed by atoms with Crippen molar-refractivity contribution in [1.29, 1.82) is 5.26 Å². The Hall–Kier alpha value is -2.80. The molecule has 0 fully saturated rings. The number of hydrogen-bond acceptors (Lipinski definition) is 4. The Morgan fingerprint density at radius 2 is 1.95 bits per heavy atom. The van der Waals surface area contributed by atoms with E-state index in [0.717, 1.165) is 0 Å². The molecule has 2 aromatic carbocycles. The van der Waals surface area contributed by atoms with Crippen LogP contribution in [-0.2, 0) is 0 Å². The molecule has 0 saturated heterocycles. The molecule has 0 atom stereocenters. The van der Waals surface area contributed by atoms with Crippen LogP contribution in [0.25, 0.3) is 0 Å². The number of carbonyl (C=O) groups excluding carboxylic acids is 1. The van der Waals surface area contributed by atoms with Gasteiger partial charge in [-0.2, -0.15) is 5.26 Å². The number of phenols is 1. The van der Waals surface area contributed by atoms with Crippen LogP contribution >= 0.6 is 0 Å². The first-order valence-corrected chi connectivity index (χ1v) is 5.58. The number of nitrogens with zero attached hydrogens (tertiary/aromatic N) is 1. The Morgan fingerprint density at radius 3 is 2.53 bits per heavy atom. The fourth-order valence-corrected chi connectivity index (χ4v) is 1.75. The van der Waals surface area contributed by atoms with Crippen LogP contribution in [0.2, 0.25) is 0 Å². The van der Waals surface area contributed by atoms with E-state index in [2.05, 4.69) is 0 Å². The number of aromatic hydroxyl groups is 1. The molecule has 4 heteroatoms. The zero-order valence-electron chi connectivity index (χ0n) is 10.3. The summed E-state index contributed by atoms with van der Waals surface area (Å²) in [4.78, 5) is 12.2. The monoisotopic (exact) mass is 253 g/mol. The lowest BCUT2D eigenvalue weighted by atomic mass is 10.0. The summed E-state index contributed by atoms with van der Waals surface area (Å²) in [5.74, 6) is -0.285. The number of phenolic OH excluding ortho intramolecular Hbond substituents is 1. The number of methoxy groups -OCH3 is 1. The molecule has 0 aliphatic heterocycles. The van der Waals surface area contributed by atoms with E-state index < -0.39 is 0 Å². The van der Waals surface area contributed by atoms with Gasteiger partial charge in [-0.25, -0.2) is 0 Å². The number of nitriles is 1. The second kappa shape index (κ2) is 5.23. The Bertz CT molecular complexity index is 657. The highest BCUT2D eigenvalue weighted by Crippen LogP contribution is 2.29. The van der Waals surface area contributed by atoms with Gasteiger partial charge in [0, 0.05) is 11.6 Å². The first-order chi connectivity index (χ1) is 9.17. The highest BCUT2D eigenvalue weighted by molar-refractivity contribution is 6.11. The summed E-state index contributed by atoms with van der Waals surface area (Å²) in [6, 6.07) is 13.1. The zero-order chi connectivity index (χ0) is 13.8. The van der Waals surface area contributed by atoms with Crippen LogP contribution in [0.4, 0.5) is 0 Å². The molecule has 2 rings (SSSR count). The molecule has 0 radical (unpaired) electrons. The van der Waals surface area contributed by atoms with Gasteiger partial charge in [-0.1, -0.05) is 30.3 Å². The lowest BCUT2D eigenvalue weighted by molar-refractivity contribution is 0.103. The normalized spacial score (nSPS) is 9.68. The summed E-state index contributed by atoms with van der Waals surface area (Å²) in [5, 5.41) is 18.7. The quantitative estimate of drug-likeness (QED) is 0.853. The van der Waals surface area contributed by atoms with E-state index in [0.29, 0.717) is 5.56 Å². The zero-order valence-corrected chi connectivity index (χ0v) is 10.3. The van der Waals surface area contributed by atoms with Gasteiger partial charge in [0.25, 0.3) is 0 Å². The summed E-state index contributed by atoms with van der Waals surface area (Å²) in [6.07, 6.45) is 0. The maximum absolute atomic E-state index is 12.2. The van der Waals surface area contributed by atoms with E-state index in [1.54, 1.807) is 30.3 Å². The van der Waals surface area contributed by atoms with Gasteiger partial charge in [0.1, 0.15) is 17.6 Å². The molecular formula is C15H11NO3. The molecule has 94 valence electrons. The highest BCUT2D eigenvalue weighted by atomic mass is 16.5. The van der Waals surface area contributed by atoms with Gasteiger partial charge in [0.05, 0.1) is 18.2 Å². The smallest absolute Gasteiger partial charge is 0.196 e. The first kappa shape index (κ1) is 12.7. The van der Waals surface area contributed by atoms with Gasteiger partial charge in [-0.3, -0.25) is 4.79 Å². The van der Waals surface area contributed by atoms with E-state index in [9.17, 15) is 9.90 Å². The van der Waals surface area contributed by atoms with Crippen molar-refractivity contribution < 1.29 is 14.6 Å². The highest BCUT2D eigenvalue weighted by Gasteiger charge is 2.17. The summed E-state index contributed by atoms with van der Waals surface area (Å²) in [5.41, 5.74) is 0.760. The topological polar surface area (TPSA) is 70.3 Å². The fourth-order valence-electron chi connectivity index (χ4n) is 1.75. The molecule has 2 aromatic rings. The molecule has 1 N–H and O–H groups in total. The van der Waals surface area contributed by atoms with E-state index in [-0.39, 0.29) is 28.4 Å². The first-order valence-electron chi connectivity index (χ1n) is 5.58. The van der Waals surface area contributed by atoms with Crippen LogP contribution in [-0.4, -0.2) is 18.0 Å². The molecule has 0 saturated carbocycles. The van der Waals surface area contributed by atoms with Crippen molar-refractivity contribution in [3.63, 3.8) is 0 Å². The van der Waals surface area contributed by atoms with Gasteiger partial charge in [-0.05, 0) is 6.07 Å². The average Bonchev–Trinajstić information content (AvgIpc) is 2.47. The van der Waals surface area contributed by atoms with Crippen molar-refractivity contribution in [2.45, 2.75) is 0 Å². The number of benzene rings is 2. The van der Waals surface area contributed by atoms with Gasteiger partial charge in [0.2, 0.25) is 0 Å². The van der Waals surface area contributed by atoms with Crippen LogP contribution in [0.3, 0.4) is 0 Å². The molecule has 0 bridgehead atoms. The SMILES string of the molecule is COc1cc(C(=O)c2ccccc2)c(O)cc1C#N. The van der Waals surface area contributed by atoms with Crippen LogP contribution < -0.4 is 4.74 Å². The lowest BCUT2D eigenvalue weighted by Crippen LogP contribution is -2.03. The minimum absolute atomic E-state index is 0.113. The molecule has 0 unspecified atom stereocenters. The van der Waals surface area contributed by atoms with Crippen molar-refractivity contribution in [2.24, 2.45) is 0 Å². The molecule has 0 heterocycles. The Balaban J connectivity index is 2.52. The predicted molar refractivity (Wildman–Crippen MR) is 69.2 cm³/mol. The minimum atomic E-state index is -0.319. The molecule has 0 amide bonds. The largest absolute Gasteiger partial charge is 0.507 e.